The molecular weight excluding hydrogens is 248 g/mol. The molecule has 2 aromatic rings. The number of aryl methyl sites for hydroxylation is 2. The predicted octanol–water partition coefficient (Wildman–Crippen LogP) is 3.32. The van der Waals surface area contributed by atoms with E-state index in [0.717, 1.165) is 19.5 Å². The summed E-state index contributed by atoms with van der Waals surface area (Å²) >= 11 is 0. The summed E-state index contributed by atoms with van der Waals surface area (Å²) in [5.41, 5.74) is 2.70. The summed E-state index contributed by atoms with van der Waals surface area (Å²) in [6.45, 7) is 8.72. The van der Waals surface area contributed by atoms with E-state index in [9.17, 15) is 0 Å². The fraction of sp³-hybridized carbons (Fsp3) is 0.471. The molecule has 1 aromatic carbocycles. The maximum Gasteiger partial charge on any atom is 0.256 e. The molecule has 0 atom stereocenters. The lowest BCUT2D eigenvalue weighted by atomic mass is 10.1. The minimum Gasteiger partial charge on any atom is -0.870 e. The number of hydrogen-bond donors (Lipinski definition) is 0. The number of hydrogen-bond acceptors (Lipinski definition) is 1. The van der Waals surface area contributed by atoms with Crippen LogP contribution in [0, 0.1) is 6.92 Å². The van der Waals surface area contributed by atoms with Crippen LogP contribution in [-0.4, -0.2) is 10.0 Å². The Labute approximate surface area is 122 Å². The van der Waals surface area contributed by atoms with Crippen molar-refractivity contribution in [2.75, 3.05) is 0 Å². The highest BCUT2D eigenvalue weighted by Crippen LogP contribution is 2.06. The number of nitrogens with zero attached hydrogens (tertiary/aromatic N) is 2. The molecule has 0 amide bonds. The second-order valence-electron chi connectivity index (χ2n) is 5.27. The Hall–Kier alpha value is -1.61. The molecule has 0 saturated carbocycles. The van der Waals surface area contributed by atoms with Crippen molar-refractivity contribution >= 4 is 0 Å². The van der Waals surface area contributed by atoms with Gasteiger partial charge in [0.25, 0.3) is 5.82 Å². The summed E-state index contributed by atoms with van der Waals surface area (Å²) in [5, 5.41) is 0. The van der Waals surface area contributed by atoms with Crippen LogP contribution < -0.4 is 4.57 Å². The van der Waals surface area contributed by atoms with E-state index in [1.54, 1.807) is 0 Å². The molecule has 3 nitrogen and oxygen atoms in total. The fourth-order valence-corrected chi connectivity index (χ4v) is 2.49. The lowest BCUT2D eigenvalue weighted by Gasteiger charge is -2.04. The van der Waals surface area contributed by atoms with E-state index >= 15 is 0 Å². The summed E-state index contributed by atoms with van der Waals surface area (Å²) < 4.78 is 4.79. The lowest BCUT2D eigenvalue weighted by Crippen LogP contribution is -2.37. The number of rotatable bonds is 6. The second-order valence-corrected chi connectivity index (χ2v) is 5.27. The largest absolute Gasteiger partial charge is 0.870 e. The molecule has 0 saturated heterocycles. The SMILES string of the molecule is CCCc1n(CCC)cc[n+]1Cc1ccc(C)cc1.[OH-]. The molecule has 1 aromatic heterocycles. The lowest BCUT2D eigenvalue weighted by molar-refractivity contribution is -0.695. The molecule has 2 rings (SSSR count). The van der Waals surface area contributed by atoms with Gasteiger partial charge in [0, 0.05) is 6.42 Å². The first-order valence-corrected chi connectivity index (χ1v) is 7.37. The quantitative estimate of drug-likeness (QED) is 0.745. The van der Waals surface area contributed by atoms with Gasteiger partial charge in [0.1, 0.15) is 18.9 Å². The Bertz CT molecular complexity index is 514. The molecule has 1 N–H and O–H groups in total. The van der Waals surface area contributed by atoms with Gasteiger partial charge in [0.05, 0.1) is 6.54 Å². The van der Waals surface area contributed by atoms with Gasteiger partial charge in [-0.05, 0) is 25.3 Å². The van der Waals surface area contributed by atoms with E-state index in [1.165, 1.54) is 29.8 Å². The van der Waals surface area contributed by atoms with Crippen molar-refractivity contribution in [3.8, 4) is 0 Å². The van der Waals surface area contributed by atoms with Gasteiger partial charge < -0.3 is 5.48 Å². The van der Waals surface area contributed by atoms with E-state index in [2.05, 4.69) is 66.6 Å². The van der Waals surface area contributed by atoms with Crippen molar-refractivity contribution in [2.45, 2.75) is 53.1 Å². The first-order valence-electron chi connectivity index (χ1n) is 7.37. The van der Waals surface area contributed by atoms with Crippen LogP contribution >= 0.6 is 0 Å². The third-order valence-electron chi connectivity index (χ3n) is 3.50. The minimum atomic E-state index is 0. The predicted molar refractivity (Wildman–Crippen MR) is 81.1 cm³/mol. The maximum atomic E-state index is 2.40. The fourth-order valence-electron chi connectivity index (χ4n) is 2.49. The van der Waals surface area contributed by atoms with E-state index < -0.39 is 0 Å². The molecule has 0 aliphatic heterocycles. The molecule has 0 bridgehead atoms. The first-order chi connectivity index (χ1) is 9.24. The van der Waals surface area contributed by atoms with Crippen molar-refractivity contribution in [3.05, 3.63) is 53.6 Å². The van der Waals surface area contributed by atoms with E-state index in [0.29, 0.717) is 0 Å². The molecule has 0 aliphatic rings. The van der Waals surface area contributed by atoms with Gasteiger partial charge in [-0.1, -0.05) is 43.7 Å². The van der Waals surface area contributed by atoms with Crippen molar-refractivity contribution in [2.24, 2.45) is 0 Å². The minimum absolute atomic E-state index is 0. The third-order valence-corrected chi connectivity index (χ3v) is 3.50. The Morgan fingerprint density at radius 3 is 2.35 bits per heavy atom. The Kier molecular flexibility index (Phi) is 6.46. The van der Waals surface area contributed by atoms with Gasteiger partial charge in [-0.25, -0.2) is 9.13 Å². The molecule has 0 fully saturated rings. The summed E-state index contributed by atoms with van der Waals surface area (Å²) in [7, 11) is 0. The van der Waals surface area contributed by atoms with Crippen molar-refractivity contribution in [1.82, 2.24) is 4.57 Å². The van der Waals surface area contributed by atoms with Crippen molar-refractivity contribution < 1.29 is 10.0 Å². The van der Waals surface area contributed by atoms with Crippen LogP contribution in [0.5, 0.6) is 0 Å². The second kappa shape index (κ2) is 7.85. The smallest absolute Gasteiger partial charge is 0.256 e. The molecule has 0 spiro atoms. The number of aromatic nitrogens is 2. The summed E-state index contributed by atoms with van der Waals surface area (Å²) in [6, 6.07) is 8.85. The summed E-state index contributed by atoms with van der Waals surface area (Å²) in [5.74, 6) is 1.45. The normalized spacial score (nSPS) is 10.3. The van der Waals surface area contributed by atoms with Crippen molar-refractivity contribution in [3.63, 3.8) is 0 Å². The molecule has 0 unspecified atom stereocenters. The van der Waals surface area contributed by atoms with Crippen LogP contribution in [-0.2, 0) is 19.5 Å². The summed E-state index contributed by atoms with van der Waals surface area (Å²) in [6.07, 6.45) is 7.99. The van der Waals surface area contributed by atoms with Crippen LogP contribution in [0.15, 0.2) is 36.7 Å². The molecule has 20 heavy (non-hydrogen) atoms. The molecule has 110 valence electrons. The van der Waals surface area contributed by atoms with Gasteiger partial charge in [-0.15, -0.1) is 0 Å². The van der Waals surface area contributed by atoms with Crippen molar-refractivity contribution in [1.29, 1.82) is 0 Å². The maximum absolute atomic E-state index is 2.40. The zero-order valence-corrected chi connectivity index (χ0v) is 12.8. The van der Waals surface area contributed by atoms with Crippen LogP contribution in [0.1, 0.15) is 43.6 Å². The van der Waals surface area contributed by atoms with Gasteiger partial charge >= 0.3 is 0 Å². The molecule has 0 aliphatic carbocycles. The standard InChI is InChI=1S/C17H25N2.H2O/c1-4-6-17-18(11-5-2)12-13-19(17)14-16-9-7-15(3)8-10-16;/h7-10,12-13H,4-6,11,14H2,1-3H3;1H2/q+1;/p-1. The Balaban J connectivity index is 0.00000200. The highest BCUT2D eigenvalue weighted by Gasteiger charge is 2.15. The van der Waals surface area contributed by atoms with Gasteiger partial charge in [0.15, 0.2) is 0 Å². The molecule has 1 heterocycles. The van der Waals surface area contributed by atoms with Gasteiger partial charge in [-0.2, -0.15) is 0 Å². The van der Waals surface area contributed by atoms with E-state index in [-0.39, 0.29) is 5.48 Å². The van der Waals surface area contributed by atoms with Crippen LogP contribution in [0.2, 0.25) is 0 Å². The van der Waals surface area contributed by atoms with Crippen LogP contribution in [0.4, 0.5) is 0 Å². The highest BCUT2D eigenvalue weighted by molar-refractivity contribution is 5.20. The third kappa shape index (κ3) is 3.94. The number of benzene rings is 1. The highest BCUT2D eigenvalue weighted by atomic mass is 16.0. The van der Waals surface area contributed by atoms with Gasteiger partial charge in [-0.3, -0.25) is 0 Å². The van der Waals surface area contributed by atoms with E-state index in [1.807, 2.05) is 0 Å². The molecule has 3 heteroatoms. The van der Waals surface area contributed by atoms with Crippen LogP contribution in [0.25, 0.3) is 0 Å². The molecule has 0 radical (unpaired) electrons. The van der Waals surface area contributed by atoms with Gasteiger partial charge in [0.2, 0.25) is 0 Å². The topological polar surface area (TPSA) is 38.8 Å². The zero-order valence-electron chi connectivity index (χ0n) is 12.8. The Morgan fingerprint density at radius 2 is 1.75 bits per heavy atom. The number of imidazole rings is 1. The first kappa shape index (κ1) is 16.4. The van der Waals surface area contributed by atoms with Crippen LogP contribution in [0.3, 0.4) is 0 Å². The monoisotopic (exact) mass is 274 g/mol. The van der Waals surface area contributed by atoms with E-state index in [4.69, 9.17) is 0 Å². The Morgan fingerprint density at radius 1 is 1.05 bits per heavy atom. The zero-order chi connectivity index (χ0) is 13.7. The summed E-state index contributed by atoms with van der Waals surface area (Å²) in [4.78, 5) is 0. The molecular formula is C17H26N2O. The average molecular weight is 274 g/mol. The average Bonchev–Trinajstić information content (AvgIpc) is 2.77.